The second-order valence-electron chi connectivity index (χ2n) is 7.67. The van der Waals surface area contributed by atoms with Crippen LogP contribution in [0.15, 0.2) is 35.7 Å². The molecule has 3 rings (SSSR count). The molecule has 1 fully saturated rings. The molecule has 1 saturated heterocycles. The fourth-order valence-corrected chi connectivity index (χ4v) is 4.43. The Bertz CT molecular complexity index is 664. The van der Waals surface area contributed by atoms with Gasteiger partial charge < -0.3 is 9.84 Å². The van der Waals surface area contributed by atoms with Crippen molar-refractivity contribution in [2.45, 2.75) is 45.6 Å². The number of hydrogen-bond donors (Lipinski definition) is 1. The molecule has 0 spiro atoms. The summed E-state index contributed by atoms with van der Waals surface area (Å²) in [5.74, 6) is 1.40. The average Bonchev–Trinajstić information content (AvgIpc) is 3.13. The highest BCUT2D eigenvalue weighted by Crippen LogP contribution is 2.35. The smallest absolute Gasteiger partial charge is 0.119 e. The van der Waals surface area contributed by atoms with Crippen LogP contribution < -0.4 is 4.74 Å². The lowest BCUT2D eigenvalue weighted by Crippen LogP contribution is -2.42. The molecule has 0 bridgehead atoms. The van der Waals surface area contributed by atoms with Gasteiger partial charge in [0.05, 0.1) is 18.8 Å². The Balaban J connectivity index is 1.46. The topological polar surface area (TPSA) is 45.6 Å². The van der Waals surface area contributed by atoms with Crippen LogP contribution in [-0.2, 0) is 6.54 Å². The van der Waals surface area contributed by atoms with Crippen LogP contribution in [0.3, 0.4) is 0 Å². The monoisotopic (exact) mass is 374 g/mol. The predicted octanol–water partition coefficient (Wildman–Crippen LogP) is 4.31. The predicted molar refractivity (Wildman–Crippen MR) is 107 cm³/mol. The van der Waals surface area contributed by atoms with Crippen molar-refractivity contribution in [1.82, 2.24) is 9.88 Å². The number of aliphatic hydroxyl groups excluding tert-OH is 1. The van der Waals surface area contributed by atoms with E-state index in [4.69, 9.17) is 9.72 Å². The Hall–Kier alpha value is -1.43. The number of aliphatic hydroxyl groups is 1. The number of benzene rings is 1. The van der Waals surface area contributed by atoms with E-state index in [2.05, 4.69) is 24.1 Å². The molecular weight excluding hydrogens is 344 g/mol. The molecule has 5 heteroatoms. The standard InChI is InChI=1S/C21H30N2O2S/c1-17(2)19-15-26-20(22-19)14-23-11-8-21(16-24,9-12-23)10-13-25-18-6-4-3-5-7-18/h3-7,15,17,24H,8-14,16H2,1-2H3. The van der Waals surface area contributed by atoms with Crippen molar-refractivity contribution in [3.05, 3.63) is 46.4 Å². The first-order valence-corrected chi connectivity index (χ1v) is 10.4. The summed E-state index contributed by atoms with van der Waals surface area (Å²) < 4.78 is 5.85. The van der Waals surface area contributed by atoms with Crippen LogP contribution in [0.2, 0.25) is 0 Å². The van der Waals surface area contributed by atoms with Gasteiger partial charge in [0.15, 0.2) is 0 Å². The van der Waals surface area contributed by atoms with Crippen LogP contribution >= 0.6 is 11.3 Å². The summed E-state index contributed by atoms with van der Waals surface area (Å²) in [5.41, 5.74) is 1.20. The summed E-state index contributed by atoms with van der Waals surface area (Å²) in [6.45, 7) is 8.24. The summed E-state index contributed by atoms with van der Waals surface area (Å²) in [5, 5.41) is 13.4. The second kappa shape index (κ2) is 8.98. The molecule has 1 N–H and O–H groups in total. The number of ether oxygens (including phenoxy) is 1. The Labute approximate surface area is 160 Å². The molecule has 1 aliphatic heterocycles. The zero-order chi connectivity index (χ0) is 18.4. The van der Waals surface area contributed by atoms with E-state index >= 15 is 0 Å². The lowest BCUT2D eigenvalue weighted by atomic mass is 9.76. The summed E-state index contributed by atoms with van der Waals surface area (Å²) in [6.07, 6.45) is 2.94. The maximum Gasteiger partial charge on any atom is 0.119 e. The molecule has 1 aromatic heterocycles. The van der Waals surface area contributed by atoms with Crippen molar-refractivity contribution in [2.75, 3.05) is 26.3 Å². The van der Waals surface area contributed by atoms with Gasteiger partial charge in [-0.3, -0.25) is 4.90 Å². The van der Waals surface area contributed by atoms with E-state index < -0.39 is 0 Å². The molecule has 26 heavy (non-hydrogen) atoms. The number of hydrogen-bond acceptors (Lipinski definition) is 5. The fourth-order valence-electron chi connectivity index (χ4n) is 3.43. The Morgan fingerprint density at radius 1 is 1.23 bits per heavy atom. The van der Waals surface area contributed by atoms with E-state index in [1.165, 1.54) is 10.7 Å². The summed E-state index contributed by atoms with van der Waals surface area (Å²) in [6, 6.07) is 9.92. The molecule has 0 aliphatic carbocycles. The minimum atomic E-state index is -0.00273. The summed E-state index contributed by atoms with van der Waals surface area (Å²) in [4.78, 5) is 7.22. The van der Waals surface area contributed by atoms with Gasteiger partial charge in [0.1, 0.15) is 10.8 Å². The van der Waals surface area contributed by atoms with Crippen LogP contribution in [0, 0.1) is 5.41 Å². The third kappa shape index (κ3) is 5.06. The first kappa shape index (κ1) is 19.3. The zero-order valence-electron chi connectivity index (χ0n) is 15.9. The largest absolute Gasteiger partial charge is 0.494 e. The van der Waals surface area contributed by atoms with E-state index in [1.807, 2.05) is 30.3 Å². The first-order chi connectivity index (χ1) is 12.6. The third-order valence-corrected chi connectivity index (χ3v) is 6.27. The number of rotatable bonds is 8. The molecule has 142 valence electrons. The highest BCUT2D eigenvalue weighted by atomic mass is 32.1. The lowest BCUT2D eigenvalue weighted by molar-refractivity contribution is 0.0243. The van der Waals surface area contributed by atoms with Gasteiger partial charge in [-0.05, 0) is 55.8 Å². The number of para-hydroxylation sites is 1. The minimum Gasteiger partial charge on any atom is -0.494 e. The second-order valence-corrected chi connectivity index (χ2v) is 8.61. The zero-order valence-corrected chi connectivity index (χ0v) is 16.7. The molecule has 2 heterocycles. The maximum atomic E-state index is 9.99. The Morgan fingerprint density at radius 3 is 2.58 bits per heavy atom. The highest BCUT2D eigenvalue weighted by Gasteiger charge is 2.34. The highest BCUT2D eigenvalue weighted by molar-refractivity contribution is 7.09. The number of piperidine rings is 1. The molecule has 1 aromatic carbocycles. The van der Waals surface area contributed by atoms with Gasteiger partial charge in [0.2, 0.25) is 0 Å². The van der Waals surface area contributed by atoms with Crippen LogP contribution in [0.25, 0.3) is 0 Å². The van der Waals surface area contributed by atoms with Crippen LogP contribution in [-0.4, -0.2) is 41.3 Å². The van der Waals surface area contributed by atoms with Crippen molar-refractivity contribution in [3.63, 3.8) is 0 Å². The molecule has 0 unspecified atom stereocenters. The fraction of sp³-hybridized carbons (Fsp3) is 0.571. The third-order valence-electron chi connectivity index (χ3n) is 5.42. The number of nitrogens with zero attached hydrogens (tertiary/aromatic N) is 2. The Kier molecular flexibility index (Phi) is 6.68. The quantitative estimate of drug-likeness (QED) is 0.748. The molecular formula is C21H30N2O2S. The molecule has 2 aromatic rings. The van der Waals surface area contributed by atoms with Crippen molar-refractivity contribution >= 4 is 11.3 Å². The number of likely N-dealkylation sites (tertiary alicyclic amines) is 1. The van der Waals surface area contributed by atoms with Crippen LogP contribution in [0.5, 0.6) is 5.75 Å². The summed E-state index contributed by atoms with van der Waals surface area (Å²) >= 11 is 1.77. The molecule has 0 radical (unpaired) electrons. The van der Waals surface area contributed by atoms with Gasteiger partial charge in [0, 0.05) is 12.0 Å². The van der Waals surface area contributed by atoms with Crippen molar-refractivity contribution in [1.29, 1.82) is 0 Å². The average molecular weight is 375 g/mol. The number of thiazole rings is 1. The molecule has 1 aliphatic rings. The van der Waals surface area contributed by atoms with Crippen molar-refractivity contribution in [3.8, 4) is 5.75 Å². The Morgan fingerprint density at radius 2 is 1.96 bits per heavy atom. The lowest BCUT2D eigenvalue weighted by Gasteiger charge is -2.40. The van der Waals surface area contributed by atoms with Gasteiger partial charge in [-0.25, -0.2) is 4.98 Å². The van der Waals surface area contributed by atoms with Gasteiger partial charge >= 0.3 is 0 Å². The molecule has 0 atom stereocenters. The van der Waals surface area contributed by atoms with E-state index in [9.17, 15) is 5.11 Å². The minimum absolute atomic E-state index is 0.00273. The van der Waals surface area contributed by atoms with Crippen LogP contribution in [0.1, 0.15) is 49.7 Å². The van der Waals surface area contributed by atoms with Crippen molar-refractivity contribution < 1.29 is 9.84 Å². The van der Waals surface area contributed by atoms with Crippen molar-refractivity contribution in [2.24, 2.45) is 5.41 Å². The SMILES string of the molecule is CC(C)c1csc(CN2CCC(CO)(CCOc3ccccc3)CC2)n1. The normalized spacial score (nSPS) is 17.5. The van der Waals surface area contributed by atoms with E-state index in [-0.39, 0.29) is 12.0 Å². The molecule has 0 saturated carbocycles. The van der Waals surface area contributed by atoms with Gasteiger partial charge in [-0.1, -0.05) is 32.0 Å². The van der Waals surface area contributed by atoms with Gasteiger partial charge in [0.25, 0.3) is 0 Å². The summed E-state index contributed by atoms with van der Waals surface area (Å²) in [7, 11) is 0. The van der Waals surface area contributed by atoms with E-state index in [0.29, 0.717) is 12.5 Å². The van der Waals surface area contributed by atoms with Gasteiger partial charge in [-0.2, -0.15) is 0 Å². The van der Waals surface area contributed by atoms with E-state index in [0.717, 1.165) is 44.6 Å². The van der Waals surface area contributed by atoms with E-state index in [1.54, 1.807) is 11.3 Å². The van der Waals surface area contributed by atoms with Gasteiger partial charge in [-0.15, -0.1) is 11.3 Å². The molecule has 0 amide bonds. The first-order valence-electron chi connectivity index (χ1n) is 9.56. The molecule has 4 nitrogen and oxygen atoms in total. The number of aromatic nitrogens is 1. The maximum absolute atomic E-state index is 9.99. The van der Waals surface area contributed by atoms with Crippen LogP contribution in [0.4, 0.5) is 0 Å².